The second kappa shape index (κ2) is 5.10. The van der Waals surface area contributed by atoms with Crippen molar-refractivity contribution in [2.24, 2.45) is 0 Å². The van der Waals surface area contributed by atoms with Crippen LogP contribution in [0.1, 0.15) is 40.0 Å². The first-order valence-electron chi connectivity index (χ1n) is 5.56. The molecule has 0 aromatic rings. The third-order valence-corrected chi connectivity index (χ3v) is 2.68. The summed E-state index contributed by atoms with van der Waals surface area (Å²) in [5, 5.41) is 12.6. The van der Waals surface area contributed by atoms with Crippen LogP contribution in [0, 0.1) is 0 Å². The Bertz CT molecular complexity index is 169. The van der Waals surface area contributed by atoms with E-state index < -0.39 is 0 Å². The van der Waals surface area contributed by atoms with Crippen molar-refractivity contribution in [1.29, 1.82) is 0 Å². The molecule has 0 amide bonds. The van der Waals surface area contributed by atoms with Crippen molar-refractivity contribution >= 4 is 0 Å². The fraction of sp³-hybridized carbons (Fsp3) is 1.00. The molecule has 3 heteroatoms. The predicted octanol–water partition coefficient (Wildman–Crippen LogP) is 1.30. The molecule has 0 spiro atoms. The van der Waals surface area contributed by atoms with Gasteiger partial charge in [0, 0.05) is 6.04 Å². The minimum absolute atomic E-state index is 0.123. The van der Waals surface area contributed by atoms with Crippen LogP contribution in [0.5, 0.6) is 0 Å². The van der Waals surface area contributed by atoms with Crippen LogP contribution in [0.25, 0.3) is 0 Å². The molecule has 1 saturated carbocycles. The first kappa shape index (κ1) is 12.0. The van der Waals surface area contributed by atoms with E-state index in [-0.39, 0.29) is 12.1 Å². The predicted molar refractivity (Wildman–Crippen MR) is 57.4 cm³/mol. The van der Waals surface area contributed by atoms with Crippen molar-refractivity contribution in [2.45, 2.75) is 57.7 Å². The third kappa shape index (κ3) is 3.56. The lowest BCUT2D eigenvalue weighted by Crippen LogP contribution is -2.53. The molecular weight excluding hydrogens is 178 g/mol. The SMILES string of the molecule is CC(C)NC(C)(CO)COC1CCC1. The van der Waals surface area contributed by atoms with Gasteiger partial charge in [-0.15, -0.1) is 0 Å². The molecule has 0 aromatic carbocycles. The van der Waals surface area contributed by atoms with Gasteiger partial charge >= 0.3 is 0 Å². The fourth-order valence-electron chi connectivity index (χ4n) is 1.67. The lowest BCUT2D eigenvalue weighted by Gasteiger charge is -2.34. The van der Waals surface area contributed by atoms with Gasteiger partial charge in [0.25, 0.3) is 0 Å². The lowest BCUT2D eigenvalue weighted by molar-refractivity contribution is -0.0395. The molecule has 1 aliphatic rings. The highest BCUT2D eigenvalue weighted by atomic mass is 16.5. The third-order valence-electron chi connectivity index (χ3n) is 2.68. The Morgan fingerprint density at radius 1 is 1.50 bits per heavy atom. The van der Waals surface area contributed by atoms with Crippen LogP contribution >= 0.6 is 0 Å². The van der Waals surface area contributed by atoms with E-state index in [4.69, 9.17) is 4.74 Å². The first-order valence-corrected chi connectivity index (χ1v) is 5.56. The van der Waals surface area contributed by atoms with E-state index in [9.17, 15) is 5.11 Å². The summed E-state index contributed by atoms with van der Waals surface area (Å²) in [6.07, 6.45) is 4.10. The Kier molecular flexibility index (Phi) is 4.35. The zero-order chi connectivity index (χ0) is 10.6. The van der Waals surface area contributed by atoms with E-state index in [0.717, 1.165) is 0 Å². The van der Waals surface area contributed by atoms with Crippen molar-refractivity contribution in [2.75, 3.05) is 13.2 Å². The monoisotopic (exact) mass is 201 g/mol. The van der Waals surface area contributed by atoms with Gasteiger partial charge in [0.05, 0.1) is 24.9 Å². The van der Waals surface area contributed by atoms with Gasteiger partial charge in [-0.25, -0.2) is 0 Å². The topological polar surface area (TPSA) is 41.5 Å². The maximum absolute atomic E-state index is 9.30. The van der Waals surface area contributed by atoms with Crippen LogP contribution in [0.2, 0.25) is 0 Å². The van der Waals surface area contributed by atoms with Gasteiger partial charge in [-0.2, -0.15) is 0 Å². The standard InChI is InChI=1S/C11H23NO2/c1-9(2)12-11(3,7-13)8-14-10-5-4-6-10/h9-10,12-13H,4-8H2,1-3H3. The molecule has 1 rings (SSSR count). The molecule has 3 nitrogen and oxygen atoms in total. The number of ether oxygens (including phenoxy) is 1. The normalized spacial score (nSPS) is 22.1. The zero-order valence-electron chi connectivity index (χ0n) is 9.55. The number of hydrogen-bond donors (Lipinski definition) is 2. The first-order chi connectivity index (χ1) is 6.56. The highest BCUT2D eigenvalue weighted by Gasteiger charge is 2.27. The summed E-state index contributed by atoms with van der Waals surface area (Å²) in [5.74, 6) is 0. The van der Waals surface area contributed by atoms with Gasteiger partial charge in [-0.05, 0) is 26.2 Å². The van der Waals surface area contributed by atoms with Crippen molar-refractivity contribution in [3.63, 3.8) is 0 Å². The van der Waals surface area contributed by atoms with Crippen molar-refractivity contribution in [1.82, 2.24) is 5.32 Å². The summed E-state index contributed by atoms with van der Waals surface area (Å²) in [6, 6.07) is 0.372. The summed E-state index contributed by atoms with van der Waals surface area (Å²) in [4.78, 5) is 0. The van der Waals surface area contributed by atoms with Crippen LogP contribution < -0.4 is 5.32 Å². The Morgan fingerprint density at radius 3 is 2.50 bits per heavy atom. The molecular formula is C11H23NO2. The van der Waals surface area contributed by atoms with E-state index in [1.807, 2.05) is 6.92 Å². The second-order valence-corrected chi connectivity index (χ2v) is 4.88. The number of nitrogens with one attached hydrogen (secondary N) is 1. The van der Waals surface area contributed by atoms with Crippen LogP contribution in [0.4, 0.5) is 0 Å². The Hall–Kier alpha value is -0.120. The van der Waals surface area contributed by atoms with Crippen LogP contribution in [0.3, 0.4) is 0 Å². The Labute approximate surface area is 86.8 Å². The average molecular weight is 201 g/mol. The van der Waals surface area contributed by atoms with E-state index in [1.54, 1.807) is 0 Å². The molecule has 84 valence electrons. The molecule has 14 heavy (non-hydrogen) atoms. The molecule has 2 N–H and O–H groups in total. The molecule has 1 unspecified atom stereocenters. The molecule has 1 atom stereocenters. The van der Waals surface area contributed by atoms with Crippen LogP contribution in [-0.4, -0.2) is 36.0 Å². The number of hydrogen-bond acceptors (Lipinski definition) is 3. The Morgan fingerprint density at radius 2 is 2.14 bits per heavy atom. The molecule has 0 aromatic heterocycles. The fourth-order valence-corrected chi connectivity index (χ4v) is 1.67. The van der Waals surface area contributed by atoms with Crippen molar-refractivity contribution in [3.8, 4) is 0 Å². The Balaban J connectivity index is 2.27. The van der Waals surface area contributed by atoms with Crippen molar-refractivity contribution < 1.29 is 9.84 Å². The number of aliphatic hydroxyl groups is 1. The number of rotatable bonds is 6. The van der Waals surface area contributed by atoms with E-state index >= 15 is 0 Å². The van der Waals surface area contributed by atoms with Gasteiger partial charge in [-0.1, -0.05) is 13.8 Å². The average Bonchev–Trinajstić information content (AvgIpc) is 2.00. The van der Waals surface area contributed by atoms with Gasteiger partial charge < -0.3 is 15.2 Å². The second-order valence-electron chi connectivity index (χ2n) is 4.88. The summed E-state index contributed by atoms with van der Waals surface area (Å²) in [5.41, 5.74) is -0.288. The van der Waals surface area contributed by atoms with Gasteiger partial charge in [-0.3, -0.25) is 0 Å². The van der Waals surface area contributed by atoms with Gasteiger partial charge in [0.1, 0.15) is 0 Å². The smallest absolute Gasteiger partial charge is 0.0671 e. The molecule has 1 fully saturated rings. The quantitative estimate of drug-likeness (QED) is 0.680. The summed E-state index contributed by atoms with van der Waals surface area (Å²) in [6.45, 7) is 6.89. The van der Waals surface area contributed by atoms with E-state index in [2.05, 4.69) is 19.2 Å². The molecule has 0 heterocycles. The highest BCUT2D eigenvalue weighted by Crippen LogP contribution is 2.23. The maximum atomic E-state index is 9.30. The zero-order valence-corrected chi connectivity index (χ0v) is 9.55. The van der Waals surface area contributed by atoms with Crippen LogP contribution in [-0.2, 0) is 4.74 Å². The van der Waals surface area contributed by atoms with E-state index in [0.29, 0.717) is 18.8 Å². The van der Waals surface area contributed by atoms with Crippen LogP contribution in [0.15, 0.2) is 0 Å². The highest BCUT2D eigenvalue weighted by molar-refractivity contribution is 4.84. The van der Waals surface area contributed by atoms with Gasteiger partial charge in [0.15, 0.2) is 0 Å². The number of aliphatic hydroxyl groups excluding tert-OH is 1. The largest absolute Gasteiger partial charge is 0.394 e. The lowest BCUT2D eigenvalue weighted by atomic mass is 9.95. The van der Waals surface area contributed by atoms with Gasteiger partial charge in [0.2, 0.25) is 0 Å². The van der Waals surface area contributed by atoms with E-state index in [1.165, 1.54) is 19.3 Å². The molecule has 0 radical (unpaired) electrons. The molecule has 1 aliphatic carbocycles. The summed E-state index contributed by atoms with van der Waals surface area (Å²) in [7, 11) is 0. The maximum Gasteiger partial charge on any atom is 0.0671 e. The summed E-state index contributed by atoms with van der Waals surface area (Å²) < 4.78 is 5.71. The summed E-state index contributed by atoms with van der Waals surface area (Å²) >= 11 is 0. The molecule has 0 aliphatic heterocycles. The minimum atomic E-state index is -0.288. The molecule has 0 saturated heterocycles. The van der Waals surface area contributed by atoms with Crippen molar-refractivity contribution in [3.05, 3.63) is 0 Å². The minimum Gasteiger partial charge on any atom is -0.394 e. The molecule has 0 bridgehead atoms.